The van der Waals surface area contributed by atoms with Crippen molar-refractivity contribution in [2.45, 2.75) is 0 Å². The van der Waals surface area contributed by atoms with Crippen molar-refractivity contribution >= 4 is 27.0 Å². The minimum Gasteiger partial charge on any atom is -0.497 e. The number of ether oxygens (including phenoxy) is 1. The number of methoxy groups -OCH3 is 1. The lowest BCUT2D eigenvalue weighted by atomic mass is 10.2. The normalized spacial score (nSPS) is 10.8. The Bertz CT molecular complexity index is 689. The number of oxazole rings is 1. The van der Waals surface area contributed by atoms with Gasteiger partial charge in [0.1, 0.15) is 11.3 Å². The van der Waals surface area contributed by atoms with Crippen LogP contribution in [0.5, 0.6) is 5.75 Å². The van der Waals surface area contributed by atoms with E-state index < -0.39 is 0 Å². The highest BCUT2D eigenvalue weighted by molar-refractivity contribution is 9.10. The lowest BCUT2D eigenvalue weighted by Gasteiger charge is -1.99. The second kappa shape index (κ2) is 4.46. The van der Waals surface area contributed by atoms with Crippen molar-refractivity contribution < 1.29 is 9.15 Å². The summed E-state index contributed by atoms with van der Waals surface area (Å²) in [5.74, 6) is 1.43. The third kappa shape index (κ3) is 1.99. The fourth-order valence-corrected chi connectivity index (χ4v) is 2.10. The summed E-state index contributed by atoms with van der Waals surface area (Å²) in [6, 6.07) is 13.4. The summed E-state index contributed by atoms with van der Waals surface area (Å²) in [7, 11) is 1.64. The van der Waals surface area contributed by atoms with E-state index in [1.807, 2.05) is 42.5 Å². The van der Waals surface area contributed by atoms with Crippen LogP contribution in [0.2, 0.25) is 0 Å². The number of benzene rings is 2. The molecule has 4 heteroatoms. The molecule has 3 rings (SSSR count). The summed E-state index contributed by atoms with van der Waals surface area (Å²) in [5.41, 5.74) is 2.56. The van der Waals surface area contributed by atoms with Gasteiger partial charge in [-0.2, -0.15) is 0 Å². The molecule has 3 nitrogen and oxygen atoms in total. The van der Waals surface area contributed by atoms with Crippen molar-refractivity contribution in [1.29, 1.82) is 0 Å². The van der Waals surface area contributed by atoms with Crippen LogP contribution in [0, 0.1) is 0 Å². The van der Waals surface area contributed by atoms with Gasteiger partial charge in [-0.1, -0.05) is 15.9 Å². The van der Waals surface area contributed by atoms with Gasteiger partial charge in [0.15, 0.2) is 5.58 Å². The Labute approximate surface area is 113 Å². The van der Waals surface area contributed by atoms with E-state index >= 15 is 0 Å². The third-order valence-corrected chi connectivity index (χ3v) is 3.18. The van der Waals surface area contributed by atoms with Crippen LogP contribution in [0.15, 0.2) is 51.4 Å². The molecule has 0 aliphatic carbocycles. The fourth-order valence-electron chi connectivity index (χ4n) is 1.76. The Balaban J connectivity index is 2.07. The maximum atomic E-state index is 5.73. The summed E-state index contributed by atoms with van der Waals surface area (Å²) in [5, 5.41) is 0. The fraction of sp³-hybridized carbons (Fsp3) is 0.0714. The lowest BCUT2D eigenvalue weighted by Crippen LogP contribution is -1.82. The van der Waals surface area contributed by atoms with Gasteiger partial charge in [0.2, 0.25) is 5.89 Å². The number of hydrogen-bond acceptors (Lipinski definition) is 3. The average Bonchev–Trinajstić information content (AvgIpc) is 2.81. The van der Waals surface area contributed by atoms with Crippen molar-refractivity contribution in [3.8, 4) is 17.2 Å². The molecule has 1 heterocycles. The molecule has 1 aromatic heterocycles. The number of halogens is 1. The molecule has 0 saturated heterocycles. The molecule has 0 N–H and O–H groups in total. The zero-order valence-corrected chi connectivity index (χ0v) is 11.3. The molecule has 0 spiro atoms. The van der Waals surface area contributed by atoms with Gasteiger partial charge in [0, 0.05) is 10.0 Å². The molecule has 0 fully saturated rings. The maximum absolute atomic E-state index is 5.73. The highest BCUT2D eigenvalue weighted by atomic mass is 79.9. The summed E-state index contributed by atoms with van der Waals surface area (Å²) in [4.78, 5) is 4.45. The predicted molar refractivity (Wildman–Crippen MR) is 73.7 cm³/mol. The molecule has 0 aliphatic heterocycles. The first kappa shape index (κ1) is 11.3. The zero-order chi connectivity index (χ0) is 12.5. The lowest BCUT2D eigenvalue weighted by molar-refractivity contribution is 0.415. The van der Waals surface area contributed by atoms with Crippen LogP contribution in [0.1, 0.15) is 0 Å². The van der Waals surface area contributed by atoms with Crippen LogP contribution in [-0.2, 0) is 0 Å². The quantitative estimate of drug-likeness (QED) is 0.709. The van der Waals surface area contributed by atoms with Crippen LogP contribution >= 0.6 is 15.9 Å². The smallest absolute Gasteiger partial charge is 0.227 e. The van der Waals surface area contributed by atoms with Gasteiger partial charge in [0.25, 0.3) is 0 Å². The summed E-state index contributed by atoms with van der Waals surface area (Å²) in [6.07, 6.45) is 0. The molecule has 0 unspecified atom stereocenters. The molecule has 0 saturated carbocycles. The van der Waals surface area contributed by atoms with Crippen molar-refractivity contribution in [2.75, 3.05) is 7.11 Å². The van der Waals surface area contributed by atoms with E-state index in [9.17, 15) is 0 Å². The minimum absolute atomic E-state index is 0.616. The Morgan fingerprint density at radius 1 is 1.11 bits per heavy atom. The third-order valence-electron chi connectivity index (χ3n) is 2.69. The van der Waals surface area contributed by atoms with Gasteiger partial charge in [-0.25, -0.2) is 4.98 Å². The maximum Gasteiger partial charge on any atom is 0.227 e. The monoisotopic (exact) mass is 303 g/mol. The van der Waals surface area contributed by atoms with Gasteiger partial charge in [-0.3, -0.25) is 0 Å². The van der Waals surface area contributed by atoms with E-state index in [2.05, 4.69) is 20.9 Å². The number of aromatic nitrogens is 1. The number of nitrogens with zero attached hydrogens (tertiary/aromatic N) is 1. The Hall–Kier alpha value is -1.81. The van der Waals surface area contributed by atoms with E-state index in [4.69, 9.17) is 9.15 Å². The predicted octanol–water partition coefficient (Wildman–Crippen LogP) is 4.27. The molecule has 3 aromatic rings. The van der Waals surface area contributed by atoms with Crippen LogP contribution in [-0.4, -0.2) is 12.1 Å². The number of hydrogen-bond donors (Lipinski definition) is 0. The highest BCUT2D eigenvalue weighted by Gasteiger charge is 2.08. The zero-order valence-electron chi connectivity index (χ0n) is 9.68. The van der Waals surface area contributed by atoms with E-state index in [0.717, 1.165) is 26.9 Å². The molecule has 0 aliphatic rings. The van der Waals surface area contributed by atoms with E-state index in [-0.39, 0.29) is 0 Å². The van der Waals surface area contributed by atoms with Crippen molar-refractivity contribution in [2.24, 2.45) is 0 Å². The number of fused-ring (bicyclic) bond motifs is 1. The molecule has 90 valence electrons. The molecule has 18 heavy (non-hydrogen) atoms. The Morgan fingerprint density at radius 2 is 1.89 bits per heavy atom. The Morgan fingerprint density at radius 3 is 2.61 bits per heavy atom. The number of rotatable bonds is 2. The topological polar surface area (TPSA) is 35.3 Å². The first-order valence-electron chi connectivity index (χ1n) is 5.47. The van der Waals surface area contributed by atoms with Crippen LogP contribution < -0.4 is 4.74 Å². The molecule has 0 radical (unpaired) electrons. The van der Waals surface area contributed by atoms with Crippen LogP contribution in [0.25, 0.3) is 22.6 Å². The molecule has 0 amide bonds. The first-order valence-corrected chi connectivity index (χ1v) is 6.26. The second-order valence-electron chi connectivity index (χ2n) is 3.86. The van der Waals surface area contributed by atoms with Crippen molar-refractivity contribution in [1.82, 2.24) is 4.98 Å². The van der Waals surface area contributed by atoms with Crippen molar-refractivity contribution in [3.05, 3.63) is 46.9 Å². The SMILES string of the molecule is COc1ccc(-c2nc3ccc(Br)cc3o2)cc1. The Kier molecular flexibility index (Phi) is 2.80. The summed E-state index contributed by atoms with van der Waals surface area (Å²) < 4.78 is 11.8. The van der Waals surface area contributed by atoms with Gasteiger partial charge < -0.3 is 9.15 Å². The van der Waals surface area contributed by atoms with Crippen LogP contribution in [0.4, 0.5) is 0 Å². The minimum atomic E-state index is 0.616. The van der Waals surface area contributed by atoms with Gasteiger partial charge in [0.05, 0.1) is 7.11 Å². The van der Waals surface area contributed by atoms with Gasteiger partial charge in [-0.15, -0.1) is 0 Å². The van der Waals surface area contributed by atoms with E-state index in [0.29, 0.717) is 5.89 Å². The van der Waals surface area contributed by atoms with E-state index in [1.165, 1.54) is 0 Å². The molecule has 2 aromatic carbocycles. The summed E-state index contributed by atoms with van der Waals surface area (Å²) >= 11 is 3.41. The molecular formula is C14H10BrNO2. The van der Waals surface area contributed by atoms with E-state index in [1.54, 1.807) is 7.11 Å². The first-order chi connectivity index (χ1) is 8.76. The van der Waals surface area contributed by atoms with Crippen molar-refractivity contribution in [3.63, 3.8) is 0 Å². The van der Waals surface area contributed by atoms with Gasteiger partial charge in [-0.05, 0) is 42.5 Å². The highest BCUT2D eigenvalue weighted by Crippen LogP contribution is 2.27. The second-order valence-corrected chi connectivity index (χ2v) is 4.78. The molecule has 0 bridgehead atoms. The molecule has 0 atom stereocenters. The largest absolute Gasteiger partial charge is 0.497 e. The standard InChI is InChI=1S/C14H10BrNO2/c1-17-11-5-2-9(3-6-11)14-16-12-7-4-10(15)8-13(12)18-14/h2-8H,1H3. The summed E-state index contributed by atoms with van der Waals surface area (Å²) in [6.45, 7) is 0. The average molecular weight is 304 g/mol. The van der Waals surface area contributed by atoms with Crippen LogP contribution in [0.3, 0.4) is 0 Å². The molecular weight excluding hydrogens is 294 g/mol. The van der Waals surface area contributed by atoms with Gasteiger partial charge >= 0.3 is 0 Å².